The van der Waals surface area contributed by atoms with Crippen LogP contribution in [0.1, 0.15) is 57.9 Å². The molecule has 2 aromatic rings. The molecular weight excluding hydrogens is 438 g/mol. The monoisotopic (exact) mass is 472 g/mol. The van der Waals surface area contributed by atoms with Gasteiger partial charge in [-0.1, -0.05) is 39.3 Å². The number of carbonyl (C=O) groups is 1. The van der Waals surface area contributed by atoms with E-state index >= 15 is 0 Å². The van der Waals surface area contributed by atoms with Gasteiger partial charge in [-0.25, -0.2) is 13.8 Å². The number of ether oxygens (including phenoxy) is 2. The molecule has 2 aliphatic rings. The number of alkyl halides is 2. The number of anilines is 1. The predicted octanol–water partition coefficient (Wildman–Crippen LogP) is 5.88. The number of aromatic nitrogens is 1. The van der Waals surface area contributed by atoms with Crippen molar-refractivity contribution in [1.82, 2.24) is 4.98 Å². The zero-order valence-electron chi connectivity index (χ0n) is 20.2. The van der Waals surface area contributed by atoms with E-state index in [9.17, 15) is 13.6 Å². The van der Waals surface area contributed by atoms with E-state index in [2.05, 4.69) is 23.7 Å². The minimum atomic E-state index is -2.57. The Hall–Kier alpha value is -2.70. The molecule has 0 bridgehead atoms. The van der Waals surface area contributed by atoms with Gasteiger partial charge >= 0.3 is 0 Å². The number of ketones is 1. The lowest BCUT2D eigenvalue weighted by atomic mass is 9.90. The van der Waals surface area contributed by atoms with Crippen molar-refractivity contribution in [2.45, 2.75) is 64.4 Å². The molecule has 2 fully saturated rings. The predicted molar refractivity (Wildman–Crippen MR) is 128 cm³/mol. The van der Waals surface area contributed by atoms with Crippen LogP contribution in [0.25, 0.3) is 0 Å². The molecule has 4 atom stereocenters. The Kier molecular flexibility index (Phi) is 7.39. The van der Waals surface area contributed by atoms with E-state index in [1.165, 1.54) is 0 Å². The van der Waals surface area contributed by atoms with E-state index in [0.717, 1.165) is 36.5 Å². The van der Waals surface area contributed by atoms with Crippen molar-refractivity contribution in [3.05, 3.63) is 48.2 Å². The molecule has 0 radical (unpaired) electrons. The molecule has 1 aliphatic carbocycles. The highest BCUT2D eigenvalue weighted by atomic mass is 19.3. The summed E-state index contributed by atoms with van der Waals surface area (Å²) in [5, 5.41) is 0. The van der Waals surface area contributed by atoms with Gasteiger partial charge in [-0.05, 0) is 35.7 Å². The molecule has 1 aromatic carbocycles. The topological polar surface area (TPSA) is 51.7 Å². The molecule has 7 heteroatoms. The van der Waals surface area contributed by atoms with Gasteiger partial charge < -0.3 is 14.4 Å². The number of rotatable bonds is 11. The summed E-state index contributed by atoms with van der Waals surface area (Å²) in [7, 11) is 0. The Labute approximate surface area is 200 Å². The standard InChI is InChI=1S/C27H34F2N2O3/c1-4-18(2)13-25(32)19(3)20-5-7-22(8-6-20)34-24-11-12-31(16-24)26-10-9-23(15-30-26)33-17-21-14-27(21,28)29/h5-10,15,18-19,21,24H,4,11-14,16-17H2,1-3H3/t18-,19?,21?,24?/m1/s1. The lowest BCUT2D eigenvalue weighted by Crippen LogP contribution is -2.25. The number of nitrogens with zero attached hydrogens (tertiary/aromatic N) is 2. The molecule has 34 heavy (non-hydrogen) atoms. The number of Topliss-reactive ketones (excluding diaryl/α,β-unsaturated/α-hetero) is 1. The first-order chi connectivity index (χ1) is 16.2. The SMILES string of the molecule is CC[C@@H](C)CC(=O)C(C)c1ccc(OC2CCN(c3ccc(OCC4CC4(F)F)cn3)C2)cc1. The summed E-state index contributed by atoms with van der Waals surface area (Å²) >= 11 is 0. The Morgan fingerprint density at radius 3 is 2.50 bits per heavy atom. The van der Waals surface area contributed by atoms with E-state index < -0.39 is 11.8 Å². The number of hydrogen-bond donors (Lipinski definition) is 0. The largest absolute Gasteiger partial charge is 0.491 e. The molecular formula is C27H34F2N2O3. The van der Waals surface area contributed by atoms with Crippen molar-refractivity contribution in [2.75, 3.05) is 24.6 Å². The minimum Gasteiger partial charge on any atom is -0.491 e. The summed E-state index contributed by atoms with van der Waals surface area (Å²) in [6, 6.07) is 11.5. The third-order valence-corrected chi connectivity index (χ3v) is 7.01. The van der Waals surface area contributed by atoms with Crippen LogP contribution in [0.2, 0.25) is 0 Å². The molecule has 5 nitrogen and oxygen atoms in total. The lowest BCUT2D eigenvalue weighted by molar-refractivity contribution is -0.121. The van der Waals surface area contributed by atoms with Crippen LogP contribution >= 0.6 is 0 Å². The van der Waals surface area contributed by atoms with Gasteiger partial charge in [-0.15, -0.1) is 0 Å². The fourth-order valence-corrected chi connectivity index (χ4v) is 4.20. The second kappa shape index (κ2) is 10.3. The normalized spacial score (nSPS) is 22.8. The van der Waals surface area contributed by atoms with Gasteiger partial charge in [0.1, 0.15) is 29.2 Å². The molecule has 0 N–H and O–H groups in total. The second-order valence-electron chi connectivity index (χ2n) is 9.77. The van der Waals surface area contributed by atoms with Gasteiger partial charge in [-0.2, -0.15) is 0 Å². The van der Waals surface area contributed by atoms with Crippen LogP contribution in [0.3, 0.4) is 0 Å². The van der Waals surface area contributed by atoms with Crippen molar-refractivity contribution < 1.29 is 23.0 Å². The maximum absolute atomic E-state index is 13.0. The zero-order valence-corrected chi connectivity index (χ0v) is 20.2. The van der Waals surface area contributed by atoms with Gasteiger partial charge in [0.15, 0.2) is 0 Å². The zero-order chi connectivity index (χ0) is 24.3. The first-order valence-electron chi connectivity index (χ1n) is 12.3. The maximum Gasteiger partial charge on any atom is 0.255 e. The summed E-state index contributed by atoms with van der Waals surface area (Å²) in [4.78, 5) is 19.1. The molecule has 1 saturated heterocycles. The summed E-state index contributed by atoms with van der Waals surface area (Å²) in [5.74, 6) is -0.530. The second-order valence-corrected chi connectivity index (χ2v) is 9.77. The van der Waals surface area contributed by atoms with Crippen LogP contribution in [-0.4, -0.2) is 42.5 Å². The lowest BCUT2D eigenvalue weighted by Gasteiger charge is -2.19. The Morgan fingerprint density at radius 1 is 1.18 bits per heavy atom. The van der Waals surface area contributed by atoms with E-state index in [4.69, 9.17) is 9.47 Å². The van der Waals surface area contributed by atoms with Crippen molar-refractivity contribution >= 4 is 11.6 Å². The summed E-state index contributed by atoms with van der Waals surface area (Å²) in [6.45, 7) is 7.76. The van der Waals surface area contributed by atoms with E-state index in [1.807, 2.05) is 37.3 Å². The molecule has 1 aromatic heterocycles. The maximum atomic E-state index is 13.0. The summed E-state index contributed by atoms with van der Waals surface area (Å²) < 4.78 is 37.6. The van der Waals surface area contributed by atoms with Gasteiger partial charge in [0.2, 0.25) is 0 Å². The number of hydrogen-bond acceptors (Lipinski definition) is 5. The Morgan fingerprint density at radius 2 is 1.88 bits per heavy atom. The van der Waals surface area contributed by atoms with Crippen LogP contribution in [0.4, 0.5) is 14.6 Å². The number of pyridine rings is 1. The third-order valence-electron chi connectivity index (χ3n) is 7.01. The van der Waals surface area contributed by atoms with Gasteiger partial charge in [-0.3, -0.25) is 4.79 Å². The highest BCUT2D eigenvalue weighted by molar-refractivity contribution is 5.85. The Balaban J connectivity index is 1.25. The van der Waals surface area contributed by atoms with Crippen LogP contribution in [0.5, 0.6) is 11.5 Å². The molecule has 4 rings (SSSR count). The molecule has 0 amide bonds. The van der Waals surface area contributed by atoms with Crippen LogP contribution < -0.4 is 14.4 Å². The Bertz CT molecular complexity index is 965. The van der Waals surface area contributed by atoms with Gasteiger partial charge in [0.25, 0.3) is 5.92 Å². The molecule has 0 spiro atoms. The number of halogens is 2. The van der Waals surface area contributed by atoms with E-state index in [-0.39, 0.29) is 30.8 Å². The minimum absolute atomic E-state index is 0.0250. The van der Waals surface area contributed by atoms with E-state index in [1.54, 1.807) is 12.3 Å². The molecule has 1 saturated carbocycles. The molecule has 184 valence electrons. The van der Waals surface area contributed by atoms with Crippen LogP contribution in [0.15, 0.2) is 42.6 Å². The molecule has 3 unspecified atom stereocenters. The number of carbonyl (C=O) groups excluding carboxylic acids is 1. The van der Waals surface area contributed by atoms with Crippen molar-refractivity contribution in [1.29, 1.82) is 0 Å². The third kappa shape index (κ3) is 6.05. The van der Waals surface area contributed by atoms with Crippen LogP contribution in [-0.2, 0) is 4.79 Å². The highest BCUT2D eigenvalue weighted by Gasteiger charge is 2.57. The number of benzene rings is 1. The average Bonchev–Trinajstić information content (AvgIpc) is 3.20. The van der Waals surface area contributed by atoms with Crippen LogP contribution in [0, 0.1) is 11.8 Å². The smallest absolute Gasteiger partial charge is 0.255 e. The van der Waals surface area contributed by atoms with Crippen molar-refractivity contribution in [2.24, 2.45) is 11.8 Å². The quantitative estimate of drug-likeness (QED) is 0.409. The van der Waals surface area contributed by atoms with Gasteiger partial charge in [0.05, 0.1) is 25.3 Å². The first kappa shape index (κ1) is 24.4. The first-order valence-corrected chi connectivity index (χ1v) is 12.3. The molecule has 1 aliphatic heterocycles. The molecule has 2 heterocycles. The van der Waals surface area contributed by atoms with Crippen molar-refractivity contribution in [3.8, 4) is 11.5 Å². The van der Waals surface area contributed by atoms with E-state index in [0.29, 0.717) is 24.6 Å². The fraction of sp³-hybridized carbons (Fsp3) is 0.556. The average molecular weight is 473 g/mol. The fourth-order valence-electron chi connectivity index (χ4n) is 4.20. The van der Waals surface area contributed by atoms with Gasteiger partial charge in [0, 0.05) is 31.7 Å². The summed E-state index contributed by atoms with van der Waals surface area (Å²) in [5.41, 5.74) is 1.02. The van der Waals surface area contributed by atoms with Crippen molar-refractivity contribution in [3.63, 3.8) is 0 Å². The highest BCUT2D eigenvalue weighted by Crippen LogP contribution is 2.48. The summed E-state index contributed by atoms with van der Waals surface area (Å²) in [6.07, 6.45) is 4.05.